The van der Waals surface area contributed by atoms with E-state index in [9.17, 15) is 4.79 Å². The van der Waals surface area contributed by atoms with Gasteiger partial charge in [0.2, 0.25) is 0 Å². The molecule has 0 aromatic carbocycles. The molecule has 0 aromatic rings. The van der Waals surface area contributed by atoms with E-state index in [0.29, 0.717) is 19.6 Å². The standard InChI is InChI=1S/C9H20N2O2/c1-3-13-9(12)7-8(2)11-6-4-5-10/h8,11H,3-7,10H2,1-2H3. The van der Waals surface area contributed by atoms with Crippen molar-refractivity contribution < 1.29 is 9.53 Å². The van der Waals surface area contributed by atoms with Gasteiger partial charge in [-0.3, -0.25) is 4.79 Å². The number of ether oxygens (including phenoxy) is 1. The van der Waals surface area contributed by atoms with Crippen LogP contribution >= 0.6 is 0 Å². The molecule has 0 aromatic heterocycles. The Kier molecular flexibility index (Phi) is 7.63. The average Bonchev–Trinajstić information content (AvgIpc) is 2.05. The molecule has 4 nitrogen and oxygen atoms in total. The fourth-order valence-electron chi connectivity index (χ4n) is 0.993. The van der Waals surface area contributed by atoms with Crippen molar-refractivity contribution in [3.05, 3.63) is 0 Å². The second kappa shape index (κ2) is 8.01. The lowest BCUT2D eigenvalue weighted by molar-refractivity contribution is -0.143. The summed E-state index contributed by atoms with van der Waals surface area (Å²) in [6, 6.07) is 0.172. The predicted molar refractivity (Wildman–Crippen MR) is 52.4 cm³/mol. The SMILES string of the molecule is CCOC(=O)CC(C)NCCCN. The first-order valence-corrected chi connectivity index (χ1v) is 4.79. The Labute approximate surface area is 79.8 Å². The van der Waals surface area contributed by atoms with Gasteiger partial charge in [-0.05, 0) is 33.4 Å². The van der Waals surface area contributed by atoms with Crippen LogP contribution in [0.15, 0.2) is 0 Å². The van der Waals surface area contributed by atoms with Gasteiger partial charge in [-0.1, -0.05) is 0 Å². The molecule has 0 radical (unpaired) electrons. The third-order valence-electron chi connectivity index (χ3n) is 1.65. The Bertz CT molecular complexity index is 140. The molecule has 0 saturated carbocycles. The van der Waals surface area contributed by atoms with Crippen molar-refractivity contribution in [2.75, 3.05) is 19.7 Å². The third kappa shape index (κ3) is 7.74. The zero-order valence-corrected chi connectivity index (χ0v) is 8.51. The Morgan fingerprint density at radius 2 is 2.31 bits per heavy atom. The van der Waals surface area contributed by atoms with Crippen molar-refractivity contribution in [1.29, 1.82) is 0 Å². The molecule has 0 bridgehead atoms. The molecule has 78 valence electrons. The summed E-state index contributed by atoms with van der Waals surface area (Å²) < 4.78 is 4.82. The molecule has 1 unspecified atom stereocenters. The third-order valence-corrected chi connectivity index (χ3v) is 1.65. The quantitative estimate of drug-likeness (QED) is 0.444. The van der Waals surface area contributed by atoms with Crippen molar-refractivity contribution in [3.63, 3.8) is 0 Å². The lowest BCUT2D eigenvalue weighted by Crippen LogP contribution is -2.30. The lowest BCUT2D eigenvalue weighted by atomic mass is 10.2. The minimum atomic E-state index is -0.143. The number of esters is 1. The van der Waals surface area contributed by atoms with E-state index >= 15 is 0 Å². The van der Waals surface area contributed by atoms with Crippen molar-refractivity contribution in [1.82, 2.24) is 5.32 Å². The van der Waals surface area contributed by atoms with Crippen LogP contribution in [0.1, 0.15) is 26.7 Å². The number of hydrogen-bond acceptors (Lipinski definition) is 4. The van der Waals surface area contributed by atoms with Crippen molar-refractivity contribution in [2.24, 2.45) is 5.73 Å². The van der Waals surface area contributed by atoms with Gasteiger partial charge in [0.05, 0.1) is 13.0 Å². The van der Waals surface area contributed by atoms with Crippen LogP contribution in [0, 0.1) is 0 Å². The van der Waals surface area contributed by atoms with Gasteiger partial charge < -0.3 is 15.8 Å². The molecule has 0 fully saturated rings. The second-order valence-electron chi connectivity index (χ2n) is 3.01. The summed E-state index contributed by atoms with van der Waals surface area (Å²) in [4.78, 5) is 11.0. The van der Waals surface area contributed by atoms with E-state index in [-0.39, 0.29) is 12.0 Å². The minimum Gasteiger partial charge on any atom is -0.466 e. The van der Waals surface area contributed by atoms with Crippen LogP contribution in [0.25, 0.3) is 0 Å². The van der Waals surface area contributed by atoms with E-state index < -0.39 is 0 Å². The van der Waals surface area contributed by atoms with Crippen LogP contribution in [0.2, 0.25) is 0 Å². The minimum absolute atomic E-state index is 0.143. The van der Waals surface area contributed by atoms with Gasteiger partial charge in [0, 0.05) is 6.04 Å². The van der Waals surface area contributed by atoms with E-state index in [1.165, 1.54) is 0 Å². The zero-order chi connectivity index (χ0) is 10.1. The van der Waals surface area contributed by atoms with Crippen LogP contribution in [-0.2, 0) is 9.53 Å². The van der Waals surface area contributed by atoms with E-state index in [4.69, 9.17) is 10.5 Å². The van der Waals surface area contributed by atoms with E-state index in [2.05, 4.69) is 5.32 Å². The van der Waals surface area contributed by atoms with Crippen molar-refractivity contribution in [2.45, 2.75) is 32.7 Å². The molecule has 3 N–H and O–H groups in total. The Morgan fingerprint density at radius 1 is 1.62 bits per heavy atom. The number of nitrogens with two attached hydrogens (primary N) is 1. The topological polar surface area (TPSA) is 64.3 Å². The van der Waals surface area contributed by atoms with Crippen molar-refractivity contribution >= 4 is 5.97 Å². The van der Waals surface area contributed by atoms with Crippen molar-refractivity contribution in [3.8, 4) is 0 Å². The summed E-state index contributed by atoms with van der Waals surface area (Å²) in [5, 5.41) is 3.19. The fraction of sp³-hybridized carbons (Fsp3) is 0.889. The number of hydrogen-bond donors (Lipinski definition) is 2. The maximum absolute atomic E-state index is 11.0. The van der Waals surface area contributed by atoms with E-state index in [0.717, 1.165) is 13.0 Å². The molecule has 0 amide bonds. The molecule has 0 aliphatic rings. The molecule has 0 rings (SSSR count). The zero-order valence-electron chi connectivity index (χ0n) is 8.51. The molecule has 4 heteroatoms. The molecule has 0 aliphatic carbocycles. The molecule has 13 heavy (non-hydrogen) atoms. The largest absolute Gasteiger partial charge is 0.466 e. The summed E-state index contributed by atoms with van der Waals surface area (Å²) in [6.07, 6.45) is 1.37. The summed E-state index contributed by atoms with van der Waals surface area (Å²) in [7, 11) is 0. The number of nitrogens with one attached hydrogen (secondary N) is 1. The maximum atomic E-state index is 11.0. The summed E-state index contributed by atoms with van der Waals surface area (Å²) in [5.41, 5.74) is 5.33. The Hall–Kier alpha value is -0.610. The van der Waals surface area contributed by atoms with Gasteiger partial charge in [-0.2, -0.15) is 0 Å². The smallest absolute Gasteiger partial charge is 0.307 e. The molecule has 0 aliphatic heterocycles. The van der Waals surface area contributed by atoms with Gasteiger partial charge in [-0.15, -0.1) is 0 Å². The number of carbonyl (C=O) groups is 1. The van der Waals surface area contributed by atoms with E-state index in [1.54, 1.807) is 0 Å². The molecule has 0 saturated heterocycles. The molecule has 0 heterocycles. The Morgan fingerprint density at radius 3 is 2.85 bits per heavy atom. The highest BCUT2D eigenvalue weighted by Gasteiger charge is 2.07. The molecule has 1 atom stereocenters. The molecule has 0 spiro atoms. The van der Waals surface area contributed by atoms with Gasteiger partial charge in [0.25, 0.3) is 0 Å². The van der Waals surface area contributed by atoms with Gasteiger partial charge in [0.1, 0.15) is 0 Å². The summed E-state index contributed by atoms with van der Waals surface area (Å²) in [6.45, 7) is 5.77. The van der Waals surface area contributed by atoms with Crippen LogP contribution in [0.3, 0.4) is 0 Å². The highest BCUT2D eigenvalue weighted by Crippen LogP contribution is 1.93. The van der Waals surface area contributed by atoms with Gasteiger partial charge >= 0.3 is 5.97 Å². The predicted octanol–water partition coefficient (Wildman–Crippen LogP) is 0.267. The molecular weight excluding hydrogens is 168 g/mol. The highest BCUT2D eigenvalue weighted by atomic mass is 16.5. The van der Waals surface area contributed by atoms with Gasteiger partial charge in [0.15, 0.2) is 0 Å². The van der Waals surface area contributed by atoms with Crippen LogP contribution in [0.4, 0.5) is 0 Å². The fourth-order valence-corrected chi connectivity index (χ4v) is 0.993. The monoisotopic (exact) mass is 188 g/mol. The molecular formula is C9H20N2O2. The highest BCUT2D eigenvalue weighted by molar-refractivity contribution is 5.69. The average molecular weight is 188 g/mol. The summed E-state index contributed by atoms with van der Waals surface area (Å²) >= 11 is 0. The first-order chi connectivity index (χ1) is 6.20. The summed E-state index contributed by atoms with van der Waals surface area (Å²) in [5.74, 6) is -0.143. The van der Waals surface area contributed by atoms with Gasteiger partial charge in [-0.25, -0.2) is 0 Å². The van der Waals surface area contributed by atoms with E-state index in [1.807, 2.05) is 13.8 Å². The lowest BCUT2D eigenvalue weighted by Gasteiger charge is -2.12. The normalized spacial score (nSPS) is 12.5. The first kappa shape index (κ1) is 12.4. The maximum Gasteiger partial charge on any atom is 0.307 e. The van der Waals surface area contributed by atoms with Crippen LogP contribution in [0.5, 0.6) is 0 Å². The van der Waals surface area contributed by atoms with Crippen LogP contribution < -0.4 is 11.1 Å². The number of carbonyl (C=O) groups excluding carboxylic acids is 1. The second-order valence-corrected chi connectivity index (χ2v) is 3.01. The Balaban J connectivity index is 3.38. The van der Waals surface area contributed by atoms with Crippen LogP contribution in [-0.4, -0.2) is 31.7 Å². The first-order valence-electron chi connectivity index (χ1n) is 4.79. The number of rotatable bonds is 7.